The van der Waals surface area contributed by atoms with E-state index in [1.807, 2.05) is 27.7 Å². The molecule has 0 radical (unpaired) electrons. The van der Waals surface area contributed by atoms with Crippen LogP contribution in [0.1, 0.15) is 93.4 Å². The lowest BCUT2D eigenvalue weighted by atomic mass is 9.55. The summed E-state index contributed by atoms with van der Waals surface area (Å²) in [6, 6.07) is 0. The van der Waals surface area contributed by atoms with Crippen LogP contribution < -0.4 is 0 Å². The van der Waals surface area contributed by atoms with Crippen molar-refractivity contribution in [3.05, 3.63) is 34.4 Å². The van der Waals surface area contributed by atoms with Gasteiger partial charge in [-0.2, -0.15) is 0 Å². The van der Waals surface area contributed by atoms with Crippen LogP contribution >= 0.6 is 0 Å². The van der Waals surface area contributed by atoms with Crippen molar-refractivity contribution < 1.29 is 43.2 Å². The molecule has 46 heavy (non-hydrogen) atoms. The Bertz CT molecular complexity index is 1420. The third-order valence-electron chi connectivity index (χ3n) is 12.5. The van der Waals surface area contributed by atoms with Gasteiger partial charge in [0.2, 0.25) is 0 Å². The van der Waals surface area contributed by atoms with Crippen LogP contribution in [0.4, 0.5) is 0 Å². The second-order valence-electron chi connectivity index (χ2n) is 15.5. The first-order valence-electron chi connectivity index (χ1n) is 17.2. The predicted octanol–water partition coefficient (Wildman–Crippen LogP) is 5.40. The van der Waals surface area contributed by atoms with Crippen molar-refractivity contribution in [2.75, 3.05) is 6.61 Å². The Kier molecular flexibility index (Phi) is 8.34. The minimum Gasteiger partial charge on any atom is -0.461 e. The molecule has 4 fully saturated rings. The Balaban J connectivity index is 1.51. The van der Waals surface area contributed by atoms with E-state index in [4.69, 9.17) is 18.9 Å². The van der Waals surface area contributed by atoms with Crippen molar-refractivity contribution >= 4 is 23.9 Å². The molecule has 1 unspecified atom stereocenters. The molecule has 2 bridgehead atoms. The third-order valence-corrected chi connectivity index (χ3v) is 12.5. The van der Waals surface area contributed by atoms with Gasteiger partial charge in [0.05, 0.1) is 11.3 Å². The molecule has 1 N–H and O–H groups in total. The van der Waals surface area contributed by atoms with E-state index in [-0.39, 0.29) is 60.7 Å². The third kappa shape index (κ3) is 4.65. The van der Waals surface area contributed by atoms with Gasteiger partial charge in [-0.1, -0.05) is 51.0 Å². The SMILES string of the molecule is C=C1C(=O)O[C@H]2C[C@H](C)[C@@]34C[C@@]5(C(=O)O[C@@H]6CC(C)=C([C@@H](C)CCCO)[C@@H](OC(=O)CC(C)C)[C@@H]65)[C@@H](C(C)=C3C[C@H]12)C4OC(C)=O. The molecule has 0 aromatic rings. The number of rotatable bonds is 8. The molecule has 9 nitrogen and oxygen atoms in total. The van der Waals surface area contributed by atoms with E-state index in [9.17, 15) is 24.3 Å². The van der Waals surface area contributed by atoms with Gasteiger partial charge >= 0.3 is 23.9 Å². The first-order valence-corrected chi connectivity index (χ1v) is 17.2. The average molecular weight is 639 g/mol. The summed E-state index contributed by atoms with van der Waals surface area (Å²) in [5.74, 6) is -2.45. The number of carbonyl (C=O) groups excluding carboxylic acids is 4. The molecule has 2 spiro atoms. The molecule has 2 aliphatic heterocycles. The summed E-state index contributed by atoms with van der Waals surface area (Å²) in [7, 11) is 0. The predicted molar refractivity (Wildman–Crippen MR) is 168 cm³/mol. The van der Waals surface area contributed by atoms with E-state index in [0.717, 1.165) is 28.7 Å². The van der Waals surface area contributed by atoms with Crippen LogP contribution in [-0.4, -0.2) is 60.0 Å². The van der Waals surface area contributed by atoms with Gasteiger partial charge in [0.25, 0.3) is 0 Å². The molecule has 6 rings (SSSR count). The second-order valence-corrected chi connectivity index (χ2v) is 15.5. The van der Waals surface area contributed by atoms with Crippen LogP contribution in [-0.2, 0) is 38.1 Å². The summed E-state index contributed by atoms with van der Waals surface area (Å²) in [6.45, 7) is 17.8. The molecule has 11 atom stereocenters. The molecule has 2 saturated carbocycles. The molecule has 0 aromatic carbocycles. The van der Waals surface area contributed by atoms with Crippen LogP contribution in [0.3, 0.4) is 0 Å². The van der Waals surface area contributed by atoms with Crippen molar-refractivity contribution in [1.82, 2.24) is 0 Å². The van der Waals surface area contributed by atoms with Gasteiger partial charge in [-0.3, -0.25) is 14.4 Å². The van der Waals surface area contributed by atoms with E-state index >= 15 is 0 Å². The first-order chi connectivity index (χ1) is 21.7. The molecular weight excluding hydrogens is 588 g/mol. The molecule has 6 aliphatic rings. The van der Waals surface area contributed by atoms with Crippen LogP contribution in [0.5, 0.6) is 0 Å². The Labute approximate surface area is 272 Å². The van der Waals surface area contributed by atoms with Gasteiger partial charge < -0.3 is 24.1 Å². The van der Waals surface area contributed by atoms with E-state index in [0.29, 0.717) is 37.7 Å². The number of fused-ring (bicyclic) bond motifs is 5. The Hall–Kier alpha value is -2.94. The fourth-order valence-corrected chi connectivity index (χ4v) is 10.8. The van der Waals surface area contributed by atoms with Crippen molar-refractivity contribution in [3.63, 3.8) is 0 Å². The molecule has 9 heteroatoms. The fraction of sp³-hybridized carbons (Fsp3) is 0.730. The lowest BCUT2D eigenvalue weighted by Gasteiger charge is -2.46. The number of hydrogen-bond acceptors (Lipinski definition) is 9. The monoisotopic (exact) mass is 638 g/mol. The second kappa shape index (κ2) is 11.6. The first kappa shape index (κ1) is 33.0. The summed E-state index contributed by atoms with van der Waals surface area (Å²) in [6.07, 6.45) is 1.57. The highest BCUT2D eigenvalue weighted by molar-refractivity contribution is 5.91. The quantitative estimate of drug-likeness (QED) is 0.161. The average Bonchev–Trinajstić information content (AvgIpc) is 3.54. The molecule has 0 amide bonds. The summed E-state index contributed by atoms with van der Waals surface area (Å²) in [4.78, 5) is 53.4. The van der Waals surface area contributed by atoms with Crippen molar-refractivity contribution in [2.24, 2.45) is 46.3 Å². The lowest BCUT2D eigenvalue weighted by Crippen LogP contribution is -2.51. The van der Waals surface area contributed by atoms with Crippen molar-refractivity contribution in [1.29, 1.82) is 0 Å². The van der Waals surface area contributed by atoms with Crippen LogP contribution in [0.15, 0.2) is 34.4 Å². The van der Waals surface area contributed by atoms with E-state index < -0.39 is 46.9 Å². The summed E-state index contributed by atoms with van der Waals surface area (Å²) >= 11 is 0. The Morgan fingerprint density at radius 2 is 1.78 bits per heavy atom. The molecular formula is C37H50O9. The zero-order valence-electron chi connectivity index (χ0n) is 28.4. The maximum absolute atomic E-state index is 14.6. The number of esters is 4. The van der Waals surface area contributed by atoms with E-state index in [2.05, 4.69) is 20.4 Å². The van der Waals surface area contributed by atoms with Gasteiger partial charge in [0.15, 0.2) is 0 Å². The van der Waals surface area contributed by atoms with Gasteiger partial charge in [-0.05, 0) is 69.3 Å². The minimum absolute atomic E-state index is 0.0165. The minimum atomic E-state index is -1.08. The van der Waals surface area contributed by atoms with Crippen molar-refractivity contribution in [3.8, 4) is 0 Å². The summed E-state index contributed by atoms with van der Waals surface area (Å²) in [5, 5.41) is 9.65. The maximum Gasteiger partial charge on any atom is 0.334 e. The van der Waals surface area contributed by atoms with Gasteiger partial charge in [-0.25, -0.2) is 4.79 Å². The van der Waals surface area contributed by atoms with Gasteiger partial charge in [0.1, 0.15) is 24.4 Å². The zero-order valence-corrected chi connectivity index (χ0v) is 28.4. The summed E-state index contributed by atoms with van der Waals surface area (Å²) in [5.41, 5.74) is 2.94. The number of carbonyl (C=O) groups is 4. The fourth-order valence-electron chi connectivity index (χ4n) is 10.8. The van der Waals surface area contributed by atoms with Gasteiger partial charge in [0, 0.05) is 49.2 Å². The highest BCUT2D eigenvalue weighted by atomic mass is 16.6. The number of ether oxygens (including phenoxy) is 4. The number of aliphatic hydroxyl groups excluding tert-OH is 1. The topological polar surface area (TPSA) is 125 Å². The normalized spacial score (nSPS) is 40.1. The molecule has 0 aromatic heterocycles. The van der Waals surface area contributed by atoms with Crippen LogP contribution in [0.25, 0.3) is 0 Å². The molecule has 2 saturated heterocycles. The van der Waals surface area contributed by atoms with Gasteiger partial charge in [-0.15, -0.1) is 0 Å². The van der Waals surface area contributed by atoms with E-state index in [1.165, 1.54) is 6.92 Å². The summed E-state index contributed by atoms with van der Waals surface area (Å²) < 4.78 is 24.9. The van der Waals surface area contributed by atoms with E-state index in [1.54, 1.807) is 0 Å². The standard InChI is InChI=1S/C37H50O9/c1-17(2)12-28(40)46-32-29(18(3)10-9-11-38)19(4)13-27-31(32)37(35(42)45-27)16-36-20(5)14-26-24(21(6)34(41)44-26)15-25(36)22(7)30(37)33(36)43-23(8)39/h17-18,20,24,26-27,30-33,38H,6,9-16H2,1-5,7-8H3/t18-,20-,24+,26-,27+,30-,31+,32+,33?,36-,37+/m0/s1. The highest BCUT2D eigenvalue weighted by Gasteiger charge is 2.80. The highest BCUT2D eigenvalue weighted by Crippen LogP contribution is 2.76. The Morgan fingerprint density at radius 1 is 1.07 bits per heavy atom. The number of aliphatic hydroxyl groups is 1. The molecule has 252 valence electrons. The molecule has 4 aliphatic carbocycles. The number of hydrogen-bond donors (Lipinski definition) is 1. The maximum atomic E-state index is 14.6. The lowest BCUT2D eigenvalue weighted by molar-refractivity contribution is -0.158. The van der Waals surface area contributed by atoms with Crippen molar-refractivity contribution in [2.45, 2.75) is 118 Å². The largest absolute Gasteiger partial charge is 0.461 e. The molecule has 2 heterocycles. The van der Waals surface area contributed by atoms with Crippen LogP contribution in [0, 0.1) is 46.3 Å². The smallest absolute Gasteiger partial charge is 0.334 e. The Morgan fingerprint density at radius 3 is 2.43 bits per heavy atom. The zero-order chi connectivity index (χ0) is 33.5. The van der Waals surface area contributed by atoms with Crippen LogP contribution in [0.2, 0.25) is 0 Å².